The molecule has 0 fully saturated rings. The van der Waals surface area contributed by atoms with Crippen LogP contribution in [-0.2, 0) is 9.59 Å². The third-order valence-corrected chi connectivity index (χ3v) is 5.93. The molecule has 1 aromatic heterocycles. The van der Waals surface area contributed by atoms with E-state index in [2.05, 4.69) is 15.6 Å². The summed E-state index contributed by atoms with van der Waals surface area (Å²) in [6, 6.07) is 11.9. The lowest BCUT2D eigenvalue weighted by Gasteiger charge is -2.18. The van der Waals surface area contributed by atoms with Gasteiger partial charge in [-0.15, -0.1) is 11.3 Å². The average Bonchev–Trinajstić information content (AvgIpc) is 3.34. The number of aryl methyl sites for hydroxylation is 1. The van der Waals surface area contributed by atoms with Crippen LogP contribution in [0.5, 0.6) is 0 Å². The van der Waals surface area contributed by atoms with Crippen molar-refractivity contribution in [3.05, 3.63) is 81.5 Å². The lowest BCUT2D eigenvalue weighted by molar-refractivity contribution is -0.120. The third kappa shape index (κ3) is 3.95. The molecule has 3 amide bonds. The molecule has 1 aliphatic rings. The molecule has 0 spiro atoms. The summed E-state index contributed by atoms with van der Waals surface area (Å²) in [4.78, 5) is 43.3. The summed E-state index contributed by atoms with van der Waals surface area (Å²) in [6.45, 7) is 3.75. The van der Waals surface area contributed by atoms with Gasteiger partial charge in [0.15, 0.2) is 5.13 Å². The Morgan fingerprint density at radius 3 is 2.61 bits per heavy atom. The molecule has 0 saturated carbocycles. The molecule has 0 bridgehead atoms. The van der Waals surface area contributed by atoms with E-state index in [1.807, 2.05) is 19.9 Å². The van der Waals surface area contributed by atoms with Crippen LogP contribution in [0.4, 0.5) is 16.5 Å². The zero-order valence-corrected chi connectivity index (χ0v) is 18.2. The number of aromatic nitrogens is 1. The number of amides is 3. The molecule has 3 aromatic rings. The minimum Gasteiger partial charge on any atom is -0.350 e. The van der Waals surface area contributed by atoms with Gasteiger partial charge >= 0.3 is 0 Å². The maximum atomic E-state index is 13.0. The molecule has 7 nitrogen and oxygen atoms in total. The van der Waals surface area contributed by atoms with E-state index in [0.29, 0.717) is 22.1 Å². The van der Waals surface area contributed by atoms with Gasteiger partial charge < -0.3 is 5.32 Å². The number of nitrogens with zero attached hydrogens (tertiary/aromatic N) is 2. The summed E-state index contributed by atoms with van der Waals surface area (Å²) < 4.78 is 0. The van der Waals surface area contributed by atoms with E-state index in [1.54, 1.807) is 48.0 Å². The quantitative estimate of drug-likeness (QED) is 0.558. The number of hydrogen-bond acceptors (Lipinski definition) is 6. The second-order valence-electron chi connectivity index (χ2n) is 6.85. The zero-order chi connectivity index (χ0) is 22.1. The van der Waals surface area contributed by atoms with Gasteiger partial charge in [0.2, 0.25) is 0 Å². The maximum Gasteiger partial charge on any atom is 0.283 e. The second kappa shape index (κ2) is 8.33. The summed E-state index contributed by atoms with van der Waals surface area (Å²) >= 11 is 7.53. The van der Waals surface area contributed by atoms with Crippen molar-refractivity contribution in [1.29, 1.82) is 0 Å². The molecule has 9 heteroatoms. The van der Waals surface area contributed by atoms with Crippen LogP contribution in [0.2, 0.25) is 0 Å². The molecule has 1 aliphatic heterocycles. The largest absolute Gasteiger partial charge is 0.350 e. The van der Waals surface area contributed by atoms with Crippen molar-refractivity contribution in [2.24, 2.45) is 0 Å². The molecule has 2 N–H and O–H groups in total. The minimum absolute atomic E-state index is 0.0370. The third-order valence-electron chi connectivity index (χ3n) is 4.89. The second-order valence-corrected chi connectivity index (χ2v) is 8.12. The zero-order valence-electron chi connectivity index (χ0n) is 16.6. The molecular weight excluding hydrogens is 436 g/mol. The fourth-order valence-electron chi connectivity index (χ4n) is 3.14. The normalized spacial score (nSPS) is 13.7. The number of carbonyl (C=O) groups is 3. The van der Waals surface area contributed by atoms with Crippen LogP contribution >= 0.6 is 22.9 Å². The van der Waals surface area contributed by atoms with Crippen molar-refractivity contribution >= 4 is 57.2 Å². The van der Waals surface area contributed by atoms with Crippen LogP contribution in [0.1, 0.15) is 21.5 Å². The van der Waals surface area contributed by atoms with Crippen molar-refractivity contribution in [3.8, 4) is 0 Å². The summed E-state index contributed by atoms with van der Waals surface area (Å²) in [5.74, 6) is -1.49. The molecule has 4 rings (SSSR count). The number of imide groups is 1. The number of rotatable bonds is 5. The molecule has 0 saturated heterocycles. The van der Waals surface area contributed by atoms with Crippen molar-refractivity contribution in [1.82, 2.24) is 4.98 Å². The first-order chi connectivity index (χ1) is 14.9. The maximum absolute atomic E-state index is 13.0. The number of hydrogen-bond donors (Lipinski definition) is 2. The Morgan fingerprint density at radius 1 is 1.10 bits per heavy atom. The Labute approximate surface area is 187 Å². The first kappa shape index (κ1) is 20.8. The van der Waals surface area contributed by atoms with E-state index >= 15 is 0 Å². The summed E-state index contributed by atoms with van der Waals surface area (Å²) in [5, 5.41) is 7.63. The predicted molar refractivity (Wildman–Crippen MR) is 121 cm³/mol. The van der Waals surface area contributed by atoms with Gasteiger partial charge in [-0.05, 0) is 49.2 Å². The van der Waals surface area contributed by atoms with Gasteiger partial charge in [0.05, 0.1) is 5.69 Å². The molecule has 31 heavy (non-hydrogen) atoms. The highest BCUT2D eigenvalue weighted by atomic mass is 35.5. The smallest absolute Gasteiger partial charge is 0.283 e. The lowest BCUT2D eigenvalue weighted by atomic mass is 10.1. The number of carbonyl (C=O) groups excluding carboxylic acids is 3. The Kier molecular flexibility index (Phi) is 5.58. The van der Waals surface area contributed by atoms with E-state index in [4.69, 9.17) is 11.6 Å². The van der Waals surface area contributed by atoms with Crippen molar-refractivity contribution in [2.45, 2.75) is 13.8 Å². The van der Waals surface area contributed by atoms with E-state index in [9.17, 15) is 14.4 Å². The Balaban J connectivity index is 1.58. The van der Waals surface area contributed by atoms with Crippen LogP contribution in [0.25, 0.3) is 0 Å². The molecule has 2 aromatic carbocycles. The van der Waals surface area contributed by atoms with Crippen LogP contribution in [0.15, 0.2) is 64.8 Å². The number of halogens is 1. The van der Waals surface area contributed by atoms with Crippen molar-refractivity contribution < 1.29 is 14.4 Å². The average molecular weight is 453 g/mol. The van der Waals surface area contributed by atoms with Gasteiger partial charge in [-0.3, -0.25) is 19.7 Å². The van der Waals surface area contributed by atoms with Crippen LogP contribution in [0.3, 0.4) is 0 Å². The highest BCUT2D eigenvalue weighted by Crippen LogP contribution is 2.33. The van der Waals surface area contributed by atoms with Gasteiger partial charge in [-0.25, -0.2) is 9.88 Å². The molecule has 0 radical (unpaired) electrons. The SMILES string of the molecule is Cc1cccc(N2C(=O)C(Cl)=C(Nc3cccc(C(=O)Nc4nccs4)c3)C2=O)c1C. The van der Waals surface area contributed by atoms with Crippen molar-refractivity contribution in [3.63, 3.8) is 0 Å². The lowest BCUT2D eigenvalue weighted by Crippen LogP contribution is -2.33. The van der Waals surface area contributed by atoms with E-state index < -0.39 is 11.8 Å². The minimum atomic E-state index is -0.597. The molecule has 156 valence electrons. The highest BCUT2D eigenvalue weighted by molar-refractivity contribution is 7.13. The first-order valence-electron chi connectivity index (χ1n) is 9.29. The monoisotopic (exact) mass is 452 g/mol. The molecule has 0 atom stereocenters. The number of thiazole rings is 1. The van der Waals surface area contributed by atoms with Crippen LogP contribution in [-0.4, -0.2) is 22.7 Å². The summed E-state index contributed by atoms with van der Waals surface area (Å²) in [6.07, 6.45) is 1.59. The Bertz CT molecular complexity index is 1240. The van der Waals surface area contributed by atoms with Crippen molar-refractivity contribution in [2.75, 3.05) is 15.5 Å². The molecular formula is C22H17ClN4O3S. The standard InChI is InChI=1S/C22H17ClN4O3S/c1-12-5-3-8-16(13(12)2)27-20(29)17(23)18(21(27)30)25-15-7-4-6-14(11-15)19(28)26-22-24-9-10-31-22/h3-11,25H,1-2H3,(H,24,26,28). The fraction of sp³-hybridized carbons (Fsp3) is 0.0909. The first-order valence-corrected chi connectivity index (χ1v) is 10.6. The van der Waals surface area contributed by atoms with Gasteiger partial charge in [0.1, 0.15) is 10.7 Å². The van der Waals surface area contributed by atoms with Gasteiger partial charge in [0.25, 0.3) is 17.7 Å². The number of nitrogens with one attached hydrogen (secondary N) is 2. The number of benzene rings is 2. The van der Waals surface area contributed by atoms with Gasteiger partial charge in [0, 0.05) is 22.8 Å². The Hall–Kier alpha value is -3.49. The number of anilines is 3. The van der Waals surface area contributed by atoms with Gasteiger partial charge in [-0.2, -0.15) is 0 Å². The molecule has 0 unspecified atom stereocenters. The van der Waals surface area contributed by atoms with Crippen LogP contribution in [0, 0.1) is 13.8 Å². The van der Waals surface area contributed by atoms with Gasteiger partial charge in [-0.1, -0.05) is 29.8 Å². The Morgan fingerprint density at radius 2 is 1.87 bits per heavy atom. The molecule has 0 aliphatic carbocycles. The highest BCUT2D eigenvalue weighted by Gasteiger charge is 2.39. The van der Waals surface area contributed by atoms with E-state index in [0.717, 1.165) is 16.0 Å². The van der Waals surface area contributed by atoms with E-state index in [1.165, 1.54) is 11.3 Å². The van der Waals surface area contributed by atoms with Crippen LogP contribution < -0.4 is 15.5 Å². The predicted octanol–water partition coefficient (Wildman–Crippen LogP) is 4.45. The summed E-state index contributed by atoms with van der Waals surface area (Å²) in [7, 11) is 0. The molecule has 2 heterocycles. The van der Waals surface area contributed by atoms with E-state index in [-0.39, 0.29) is 16.6 Å². The summed E-state index contributed by atoms with van der Waals surface area (Å²) in [5.41, 5.74) is 3.03. The fourth-order valence-corrected chi connectivity index (χ4v) is 3.88. The topological polar surface area (TPSA) is 91.4 Å².